The Kier molecular flexibility index (Phi) is 17.2. The standard InChI is InChI=1S/C49H64N6O12/c1-6-32-18-36-26-50-41-24-45(43(61-4)22-39(41)48(58)54(36)28-32)66-30-34-20-38(65-13-11-53(9-8-47(56)57)10-12-63-16-17-64-15-14-60-3)21-35(52-34)31-67-46-25-42-40(23-44(46)62-5)49(59)55-29-33(7-2)19-37(55)27-51-42/h6-7,20-26,35-37,51-52H,8-19,27-31H2,1-5H3,(H,56,57)/b32-6+,33-7+/t35?,36-,37-/m0/s1. The van der Waals surface area contributed by atoms with Gasteiger partial charge in [0.1, 0.15) is 25.6 Å². The largest absolute Gasteiger partial charge is 0.493 e. The lowest BCUT2D eigenvalue weighted by Gasteiger charge is -2.27. The number of aliphatic imine (C=N–C) groups is 1. The Bertz CT molecular complexity index is 2260. The van der Waals surface area contributed by atoms with E-state index in [9.17, 15) is 19.5 Å². The number of ether oxygens (including phenoxy) is 8. The number of carboxylic acid groups (broad SMARTS) is 1. The number of carbonyl (C=O) groups is 3. The van der Waals surface area contributed by atoms with E-state index >= 15 is 0 Å². The Morgan fingerprint density at radius 2 is 1.49 bits per heavy atom. The lowest BCUT2D eigenvalue weighted by Crippen LogP contribution is -2.37. The Labute approximate surface area is 392 Å². The molecular weight excluding hydrogens is 865 g/mol. The molecule has 0 saturated carbocycles. The van der Waals surface area contributed by atoms with Gasteiger partial charge in [0, 0.05) is 70.8 Å². The number of anilines is 1. The fourth-order valence-corrected chi connectivity index (χ4v) is 8.63. The topological polar surface area (TPSA) is 191 Å². The summed E-state index contributed by atoms with van der Waals surface area (Å²) < 4.78 is 46.9. The molecule has 18 nitrogen and oxygen atoms in total. The second-order valence-electron chi connectivity index (χ2n) is 16.8. The van der Waals surface area contributed by atoms with E-state index in [0.717, 1.165) is 12.8 Å². The van der Waals surface area contributed by atoms with Crippen LogP contribution in [0, 0.1) is 0 Å². The summed E-state index contributed by atoms with van der Waals surface area (Å²) in [7, 11) is 4.70. The average Bonchev–Trinajstić information content (AvgIpc) is 3.91. The van der Waals surface area contributed by atoms with Gasteiger partial charge in [0.05, 0.1) is 100.0 Å². The van der Waals surface area contributed by atoms with Crippen LogP contribution in [0.15, 0.2) is 76.2 Å². The third-order valence-electron chi connectivity index (χ3n) is 12.4. The molecule has 3 atom stereocenters. The second-order valence-corrected chi connectivity index (χ2v) is 16.8. The third kappa shape index (κ3) is 12.5. The van der Waals surface area contributed by atoms with Crippen LogP contribution in [-0.4, -0.2) is 175 Å². The van der Waals surface area contributed by atoms with Crippen LogP contribution >= 0.6 is 0 Å². The highest BCUT2D eigenvalue weighted by molar-refractivity contribution is 6.04. The molecule has 5 aliphatic rings. The number of amides is 2. The molecule has 0 radical (unpaired) electrons. The molecule has 2 aromatic carbocycles. The highest BCUT2D eigenvalue weighted by Crippen LogP contribution is 2.40. The summed E-state index contributed by atoms with van der Waals surface area (Å²) in [5, 5.41) is 16.4. The van der Waals surface area contributed by atoms with Gasteiger partial charge in [-0.25, -0.2) is 0 Å². The van der Waals surface area contributed by atoms with Gasteiger partial charge in [0.15, 0.2) is 23.0 Å². The van der Waals surface area contributed by atoms with Crippen LogP contribution in [-0.2, 0) is 23.7 Å². The third-order valence-corrected chi connectivity index (χ3v) is 12.4. The molecule has 18 heteroatoms. The molecule has 0 bridgehead atoms. The first-order chi connectivity index (χ1) is 32.6. The quantitative estimate of drug-likeness (QED) is 0.0957. The smallest absolute Gasteiger partial charge is 0.304 e. The fraction of sp³-hybridized carbons (Fsp3) is 0.510. The van der Waals surface area contributed by atoms with Gasteiger partial charge >= 0.3 is 5.97 Å². The first-order valence-electron chi connectivity index (χ1n) is 22.9. The zero-order chi connectivity index (χ0) is 47.3. The molecule has 0 aromatic heterocycles. The van der Waals surface area contributed by atoms with Crippen molar-refractivity contribution in [2.75, 3.05) is 119 Å². The molecule has 2 fully saturated rings. The number of rotatable bonds is 24. The number of hydrogen-bond donors (Lipinski definition) is 3. The molecule has 0 aliphatic carbocycles. The van der Waals surface area contributed by atoms with E-state index < -0.39 is 12.0 Å². The van der Waals surface area contributed by atoms with Crippen molar-refractivity contribution in [3.63, 3.8) is 0 Å². The summed E-state index contributed by atoms with van der Waals surface area (Å²) in [6, 6.07) is 6.51. The van der Waals surface area contributed by atoms with Crippen molar-refractivity contribution in [3.05, 3.63) is 82.3 Å². The number of carboxylic acids is 1. The molecule has 0 spiro atoms. The lowest BCUT2D eigenvalue weighted by atomic mass is 10.1. The van der Waals surface area contributed by atoms with Gasteiger partial charge in [0.25, 0.3) is 11.8 Å². The van der Waals surface area contributed by atoms with Gasteiger partial charge in [-0.3, -0.25) is 24.3 Å². The minimum atomic E-state index is -0.889. The van der Waals surface area contributed by atoms with Gasteiger partial charge in [-0.1, -0.05) is 23.3 Å². The van der Waals surface area contributed by atoms with Gasteiger partial charge in [-0.15, -0.1) is 0 Å². The Morgan fingerprint density at radius 1 is 0.806 bits per heavy atom. The molecule has 2 saturated heterocycles. The van der Waals surface area contributed by atoms with E-state index in [1.807, 2.05) is 53.0 Å². The molecule has 7 rings (SSSR count). The van der Waals surface area contributed by atoms with Crippen LogP contribution in [0.3, 0.4) is 0 Å². The molecule has 5 heterocycles. The molecule has 2 amide bonds. The van der Waals surface area contributed by atoms with E-state index in [1.165, 1.54) is 18.3 Å². The van der Waals surface area contributed by atoms with Crippen molar-refractivity contribution < 1.29 is 57.4 Å². The fourth-order valence-electron chi connectivity index (χ4n) is 8.63. The monoisotopic (exact) mass is 928 g/mol. The van der Waals surface area contributed by atoms with Crippen LogP contribution in [0.1, 0.15) is 53.8 Å². The van der Waals surface area contributed by atoms with Gasteiger partial charge in [-0.2, -0.15) is 0 Å². The number of allylic oxidation sites excluding steroid dienone is 3. The first kappa shape index (κ1) is 48.8. The van der Waals surface area contributed by atoms with Crippen molar-refractivity contribution in [1.29, 1.82) is 0 Å². The minimum absolute atomic E-state index is 0.0268. The summed E-state index contributed by atoms with van der Waals surface area (Å²) in [5.74, 6) is 1.20. The Morgan fingerprint density at radius 3 is 2.24 bits per heavy atom. The van der Waals surface area contributed by atoms with Crippen molar-refractivity contribution in [2.24, 2.45) is 4.99 Å². The normalized spacial score (nSPS) is 20.8. The summed E-state index contributed by atoms with van der Waals surface area (Å²) in [6.07, 6.45) is 11.3. The minimum Gasteiger partial charge on any atom is -0.493 e. The molecular formula is C49H64N6O12. The maximum atomic E-state index is 13.8. The number of aliphatic carboxylic acids is 1. The van der Waals surface area contributed by atoms with Crippen LogP contribution in [0.5, 0.6) is 23.0 Å². The van der Waals surface area contributed by atoms with Crippen LogP contribution < -0.4 is 29.6 Å². The van der Waals surface area contributed by atoms with Gasteiger partial charge < -0.3 is 63.4 Å². The maximum absolute atomic E-state index is 13.8. The molecule has 362 valence electrons. The summed E-state index contributed by atoms with van der Waals surface area (Å²) in [6.45, 7) is 9.76. The number of fused-ring (bicyclic) bond motifs is 4. The van der Waals surface area contributed by atoms with Crippen LogP contribution in [0.4, 0.5) is 11.4 Å². The van der Waals surface area contributed by atoms with Crippen LogP contribution in [0.25, 0.3) is 0 Å². The van der Waals surface area contributed by atoms with E-state index in [0.29, 0.717) is 129 Å². The Balaban J connectivity index is 1.05. The van der Waals surface area contributed by atoms with E-state index in [-0.39, 0.29) is 50.1 Å². The van der Waals surface area contributed by atoms with Crippen molar-refractivity contribution in [2.45, 2.75) is 51.2 Å². The highest BCUT2D eigenvalue weighted by atomic mass is 16.5. The summed E-state index contributed by atoms with van der Waals surface area (Å²) >= 11 is 0. The van der Waals surface area contributed by atoms with Crippen molar-refractivity contribution in [3.8, 4) is 23.0 Å². The van der Waals surface area contributed by atoms with Gasteiger partial charge in [-0.05, 0) is 44.9 Å². The number of nitrogens with zero attached hydrogens (tertiary/aromatic N) is 4. The number of hydrogen-bond acceptors (Lipinski definition) is 15. The highest BCUT2D eigenvalue weighted by Gasteiger charge is 2.37. The predicted octanol–water partition coefficient (Wildman–Crippen LogP) is 4.84. The molecule has 67 heavy (non-hydrogen) atoms. The zero-order valence-corrected chi connectivity index (χ0v) is 39.2. The average molecular weight is 929 g/mol. The lowest BCUT2D eigenvalue weighted by molar-refractivity contribution is -0.137. The molecule has 1 unspecified atom stereocenters. The van der Waals surface area contributed by atoms with Crippen LogP contribution in [0.2, 0.25) is 0 Å². The number of carbonyl (C=O) groups excluding carboxylic acids is 2. The summed E-state index contributed by atoms with van der Waals surface area (Å²) in [5.41, 5.74) is 5.26. The molecule has 2 aromatic rings. The number of nitrogens with one attached hydrogen (secondary N) is 2. The zero-order valence-electron chi connectivity index (χ0n) is 39.2. The van der Waals surface area contributed by atoms with Crippen molar-refractivity contribution in [1.82, 2.24) is 20.0 Å². The maximum Gasteiger partial charge on any atom is 0.304 e. The molecule has 3 N–H and O–H groups in total. The predicted molar refractivity (Wildman–Crippen MR) is 251 cm³/mol. The molecule has 5 aliphatic heterocycles. The SMILES string of the molecule is C/C=C1\C[C@H]2CNc3cc(OCC4C=C(OCCN(CCOCCOCCOC)CCC(=O)O)C=C(COc5cc6c(cc5OC)C(=O)N5C/C(=C/C)C[C@H]5C=N6)N4)c(OC)cc3C(=O)N2C1. The van der Waals surface area contributed by atoms with Crippen molar-refractivity contribution >= 4 is 35.4 Å². The number of methoxy groups -OCH3 is 3. The summed E-state index contributed by atoms with van der Waals surface area (Å²) in [4.78, 5) is 49.4. The van der Waals surface area contributed by atoms with Gasteiger partial charge in [0.2, 0.25) is 0 Å². The Hall–Kier alpha value is -6.08. The number of benzene rings is 2. The van der Waals surface area contributed by atoms with E-state index in [4.69, 9.17) is 42.9 Å². The van der Waals surface area contributed by atoms with E-state index in [2.05, 4.69) is 22.8 Å². The van der Waals surface area contributed by atoms with E-state index in [1.54, 1.807) is 32.4 Å². The second kappa shape index (κ2) is 23.6. The number of dihydropyridines is 1. The first-order valence-corrected chi connectivity index (χ1v) is 22.9.